The fourth-order valence-electron chi connectivity index (χ4n) is 3.60. The highest BCUT2D eigenvalue weighted by Crippen LogP contribution is 2.38. The lowest BCUT2D eigenvalue weighted by molar-refractivity contribution is -0.137. The van der Waals surface area contributed by atoms with E-state index in [0.29, 0.717) is 11.3 Å². The van der Waals surface area contributed by atoms with Crippen LogP contribution in [0.15, 0.2) is 89.8 Å². The van der Waals surface area contributed by atoms with E-state index in [2.05, 4.69) is 27.0 Å². The van der Waals surface area contributed by atoms with Crippen LogP contribution in [0.3, 0.4) is 0 Å². The molecular weight excluding hydrogens is 448 g/mol. The topological polar surface area (TPSA) is 103 Å². The Labute approximate surface area is 202 Å². The summed E-state index contributed by atoms with van der Waals surface area (Å²) in [5.74, 6) is -0.137. The number of aliphatic carboxylic acids is 1. The van der Waals surface area contributed by atoms with Crippen LogP contribution in [-0.2, 0) is 4.79 Å². The van der Waals surface area contributed by atoms with Gasteiger partial charge in [-0.1, -0.05) is 18.2 Å². The van der Waals surface area contributed by atoms with Gasteiger partial charge in [0.05, 0.1) is 12.2 Å². The SMILES string of the molecule is O=C(O)CC(Sc1cccc(NC(=O)c2cccc(NC3=CCCCN3)c2)c1)c1cccnc1. The Kier molecular flexibility index (Phi) is 7.83. The molecule has 4 rings (SSSR count). The molecule has 8 heteroatoms. The number of allylic oxidation sites excluding steroid dienone is 1. The van der Waals surface area contributed by atoms with E-state index in [-0.39, 0.29) is 17.6 Å². The lowest BCUT2D eigenvalue weighted by atomic mass is 10.1. The van der Waals surface area contributed by atoms with Crippen LogP contribution in [0.2, 0.25) is 0 Å². The van der Waals surface area contributed by atoms with Crippen LogP contribution in [0, 0.1) is 0 Å². The number of rotatable bonds is 9. The minimum Gasteiger partial charge on any atom is -0.481 e. The fraction of sp³-hybridized carbons (Fsp3) is 0.192. The van der Waals surface area contributed by atoms with Gasteiger partial charge in [0.1, 0.15) is 0 Å². The smallest absolute Gasteiger partial charge is 0.304 e. The van der Waals surface area contributed by atoms with Crippen molar-refractivity contribution in [3.05, 3.63) is 96.1 Å². The van der Waals surface area contributed by atoms with Crippen molar-refractivity contribution in [2.75, 3.05) is 17.2 Å². The molecule has 2 aromatic carbocycles. The van der Waals surface area contributed by atoms with Gasteiger partial charge in [-0.2, -0.15) is 0 Å². The lowest BCUT2D eigenvalue weighted by Gasteiger charge is -2.18. The fourth-order valence-corrected chi connectivity index (χ4v) is 4.78. The third-order valence-corrected chi connectivity index (χ3v) is 6.48. The van der Waals surface area contributed by atoms with E-state index in [1.54, 1.807) is 24.5 Å². The Morgan fingerprint density at radius 3 is 2.71 bits per heavy atom. The van der Waals surface area contributed by atoms with Crippen molar-refractivity contribution in [3.8, 4) is 0 Å². The zero-order valence-electron chi connectivity index (χ0n) is 18.5. The predicted molar refractivity (Wildman–Crippen MR) is 135 cm³/mol. The quantitative estimate of drug-likeness (QED) is 0.313. The number of pyridine rings is 1. The zero-order valence-corrected chi connectivity index (χ0v) is 19.3. The molecule has 0 saturated carbocycles. The van der Waals surface area contributed by atoms with Crippen LogP contribution in [0.5, 0.6) is 0 Å². The standard InChI is InChI=1S/C26H26N4O3S/c31-25(32)16-23(19-7-5-12-27-17-19)34-22-10-4-9-21(15-22)30-26(33)18-6-3-8-20(14-18)29-24-11-1-2-13-28-24/h3-12,14-15,17,23,28-29H,1-2,13,16H2,(H,30,33)(H,31,32). The summed E-state index contributed by atoms with van der Waals surface area (Å²) in [4.78, 5) is 29.3. The number of carbonyl (C=O) groups excluding carboxylic acids is 1. The minimum absolute atomic E-state index is 0.0297. The molecule has 0 saturated heterocycles. The molecule has 34 heavy (non-hydrogen) atoms. The van der Waals surface area contributed by atoms with Gasteiger partial charge in [-0.3, -0.25) is 14.6 Å². The number of benzene rings is 2. The molecule has 1 aliphatic rings. The number of nitrogens with zero attached hydrogens (tertiary/aromatic N) is 1. The highest BCUT2D eigenvalue weighted by Gasteiger charge is 2.18. The van der Waals surface area contributed by atoms with E-state index in [1.807, 2.05) is 48.5 Å². The monoisotopic (exact) mass is 474 g/mol. The molecule has 0 radical (unpaired) electrons. The number of anilines is 2. The molecule has 174 valence electrons. The summed E-state index contributed by atoms with van der Waals surface area (Å²) >= 11 is 1.43. The number of hydrogen-bond donors (Lipinski definition) is 4. The zero-order chi connectivity index (χ0) is 23.8. The van der Waals surface area contributed by atoms with Gasteiger partial charge < -0.3 is 21.1 Å². The highest BCUT2D eigenvalue weighted by molar-refractivity contribution is 7.99. The second-order valence-corrected chi connectivity index (χ2v) is 9.14. The van der Waals surface area contributed by atoms with Crippen LogP contribution in [0.25, 0.3) is 0 Å². The molecule has 3 aromatic rings. The normalized spacial score (nSPS) is 13.8. The Hall–Kier alpha value is -3.78. The van der Waals surface area contributed by atoms with Gasteiger partial charge in [-0.15, -0.1) is 11.8 Å². The second-order valence-electron chi connectivity index (χ2n) is 7.87. The number of carboxylic acid groups (broad SMARTS) is 1. The summed E-state index contributed by atoms with van der Waals surface area (Å²) in [6, 6.07) is 18.4. The molecule has 0 fully saturated rings. The first-order chi connectivity index (χ1) is 16.6. The van der Waals surface area contributed by atoms with Gasteiger partial charge in [0.15, 0.2) is 0 Å². The van der Waals surface area contributed by atoms with Crippen molar-refractivity contribution in [1.82, 2.24) is 10.3 Å². The van der Waals surface area contributed by atoms with Crippen LogP contribution < -0.4 is 16.0 Å². The van der Waals surface area contributed by atoms with E-state index in [9.17, 15) is 14.7 Å². The van der Waals surface area contributed by atoms with Crippen molar-refractivity contribution < 1.29 is 14.7 Å². The van der Waals surface area contributed by atoms with E-state index in [1.165, 1.54) is 11.8 Å². The van der Waals surface area contributed by atoms with Crippen molar-refractivity contribution in [3.63, 3.8) is 0 Å². The molecular formula is C26H26N4O3S. The summed E-state index contributed by atoms with van der Waals surface area (Å²) < 4.78 is 0. The molecule has 7 nitrogen and oxygen atoms in total. The van der Waals surface area contributed by atoms with Crippen LogP contribution >= 0.6 is 11.8 Å². The first kappa shape index (κ1) is 23.4. The number of thioether (sulfide) groups is 1. The molecule has 0 aliphatic carbocycles. The third kappa shape index (κ3) is 6.62. The summed E-state index contributed by atoms with van der Waals surface area (Å²) in [7, 11) is 0. The molecule has 1 aliphatic heterocycles. The van der Waals surface area contributed by atoms with Crippen molar-refractivity contribution in [1.29, 1.82) is 0 Å². The molecule has 0 spiro atoms. The number of hydrogen-bond acceptors (Lipinski definition) is 6. The second kappa shape index (κ2) is 11.4. The maximum absolute atomic E-state index is 12.9. The van der Waals surface area contributed by atoms with E-state index in [4.69, 9.17) is 0 Å². The van der Waals surface area contributed by atoms with E-state index in [0.717, 1.165) is 41.4 Å². The number of aromatic nitrogens is 1. The van der Waals surface area contributed by atoms with Crippen molar-refractivity contribution in [2.45, 2.75) is 29.4 Å². The van der Waals surface area contributed by atoms with Gasteiger partial charge in [0.2, 0.25) is 0 Å². The van der Waals surface area contributed by atoms with Gasteiger partial charge >= 0.3 is 5.97 Å². The Morgan fingerprint density at radius 2 is 1.94 bits per heavy atom. The average molecular weight is 475 g/mol. The summed E-state index contributed by atoms with van der Waals surface area (Å²) in [5, 5.41) is 18.6. The van der Waals surface area contributed by atoms with Gasteiger partial charge in [0, 0.05) is 46.0 Å². The van der Waals surface area contributed by atoms with Crippen molar-refractivity contribution >= 4 is 35.0 Å². The van der Waals surface area contributed by atoms with E-state index >= 15 is 0 Å². The van der Waals surface area contributed by atoms with Gasteiger partial charge in [-0.25, -0.2) is 0 Å². The summed E-state index contributed by atoms with van der Waals surface area (Å²) in [5.41, 5.74) is 2.87. The van der Waals surface area contributed by atoms with Crippen LogP contribution in [-0.4, -0.2) is 28.5 Å². The largest absolute Gasteiger partial charge is 0.481 e. The Bertz CT molecular complexity index is 1180. The van der Waals surface area contributed by atoms with Gasteiger partial charge in [-0.05, 0) is 66.9 Å². The summed E-state index contributed by atoms with van der Waals surface area (Å²) in [6.45, 7) is 0.932. The van der Waals surface area contributed by atoms with Gasteiger partial charge in [0.25, 0.3) is 5.91 Å². The minimum atomic E-state index is -0.876. The molecule has 1 amide bonds. The van der Waals surface area contributed by atoms with E-state index < -0.39 is 5.97 Å². The Morgan fingerprint density at radius 1 is 1.09 bits per heavy atom. The molecule has 1 atom stereocenters. The summed E-state index contributed by atoms with van der Waals surface area (Å²) in [6.07, 6.45) is 7.57. The number of carbonyl (C=O) groups is 2. The molecule has 1 aromatic heterocycles. The lowest BCUT2D eigenvalue weighted by Crippen LogP contribution is -2.24. The molecule has 0 bridgehead atoms. The maximum Gasteiger partial charge on any atom is 0.304 e. The average Bonchev–Trinajstić information content (AvgIpc) is 2.85. The first-order valence-corrected chi connectivity index (χ1v) is 12.0. The predicted octanol–water partition coefficient (Wildman–Crippen LogP) is 5.28. The number of amides is 1. The third-order valence-electron chi connectivity index (χ3n) is 5.24. The maximum atomic E-state index is 12.9. The molecule has 4 N–H and O–H groups in total. The molecule has 1 unspecified atom stereocenters. The highest BCUT2D eigenvalue weighted by atomic mass is 32.2. The van der Waals surface area contributed by atoms with Crippen LogP contribution in [0.1, 0.15) is 40.4 Å². The first-order valence-electron chi connectivity index (χ1n) is 11.1. The number of nitrogens with one attached hydrogen (secondary N) is 3. The molecule has 2 heterocycles. The van der Waals surface area contributed by atoms with Crippen molar-refractivity contribution in [2.24, 2.45) is 0 Å². The Balaban J connectivity index is 1.44. The number of carboxylic acids is 1. The van der Waals surface area contributed by atoms with Crippen LogP contribution in [0.4, 0.5) is 11.4 Å².